The molecule has 3 aromatic carbocycles. The van der Waals surface area contributed by atoms with Crippen molar-refractivity contribution in [2.75, 3.05) is 0 Å². The lowest BCUT2D eigenvalue weighted by atomic mass is 9.91. The molecule has 0 amide bonds. The first-order chi connectivity index (χ1) is 22.7. The quantitative estimate of drug-likeness (QED) is 0.171. The van der Waals surface area contributed by atoms with E-state index in [0.29, 0.717) is 5.56 Å². The lowest BCUT2D eigenvalue weighted by Gasteiger charge is -2.44. The molecule has 3 nitrogen and oxygen atoms in total. The maximum atomic E-state index is 15.4. The summed E-state index contributed by atoms with van der Waals surface area (Å²) in [6, 6.07) is 13.6. The lowest BCUT2D eigenvalue weighted by Crippen LogP contribution is -2.75. The van der Waals surface area contributed by atoms with Gasteiger partial charge in [0.15, 0.2) is 0 Å². The molecule has 0 radical (unpaired) electrons. The van der Waals surface area contributed by atoms with Gasteiger partial charge in [-0.25, -0.2) is 3.63 Å². The Bertz CT molecular complexity index is 1780. The standard InChI is InChI=1S/C29H21F17O3S2/c1-16-14-17(2)21(18(3)15-16)50(19-10-6-4-7-11-19,20-12-8-5-9-13-20)49-51(47,48)29(45,46)27(40,41)25(36,37)23(32,33)22(30,31)24(34,35)26(38,39)28(42,43)44/h4-15H,1-3H3. The molecule has 0 heterocycles. The summed E-state index contributed by atoms with van der Waals surface area (Å²) in [5.74, 6) is -52.4. The van der Waals surface area contributed by atoms with E-state index in [0.717, 1.165) is 48.5 Å². The highest BCUT2D eigenvalue weighted by Gasteiger charge is 2.96. The number of rotatable bonds is 12. The molecule has 0 fully saturated rings. The summed E-state index contributed by atoms with van der Waals surface area (Å²) >= 11 is 0. The minimum atomic E-state index is -8.96. The monoisotopic (exact) mass is 804 g/mol. The second-order valence-corrected chi connectivity index (χ2v) is 15.3. The van der Waals surface area contributed by atoms with Gasteiger partial charge in [0.05, 0.1) is 0 Å². The Labute approximate surface area is 279 Å². The predicted octanol–water partition coefficient (Wildman–Crippen LogP) is 11.1. The molecule has 0 saturated heterocycles. The fraction of sp³-hybridized carbons (Fsp3) is 0.379. The molecule has 0 aromatic heterocycles. The molecular weight excluding hydrogens is 783 g/mol. The van der Waals surface area contributed by atoms with E-state index in [1.165, 1.54) is 45.0 Å². The minimum absolute atomic E-state index is 0.0233. The van der Waals surface area contributed by atoms with Gasteiger partial charge in [0.25, 0.3) is 0 Å². The van der Waals surface area contributed by atoms with Crippen LogP contribution in [0.1, 0.15) is 16.7 Å². The maximum Gasteiger partial charge on any atom is 0.460 e. The Balaban J connectivity index is 2.37. The summed E-state index contributed by atoms with van der Waals surface area (Å²) in [6.45, 7) is 3.96. The average Bonchev–Trinajstić information content (AvgIpc) is 2.99. The van der Waals surface area contributed by atoms with Gasteiger partial charge < -0.3 is 0 Å². The third-order valence-corrected chi connectivity index (χ3v) is 12.7. The van der Waals surface area contributed by atoms with Crippen molar-refractivity contribution in [1.82, 2.24) is 0 Å². The van der Waals surface area contributed by atoms with Crippen LogP contribution in [-0.4, -0.2) is 55.4 Å². The van der Waals surface area contributed by atoms with Gasteiger partial charge in [-0.15, -0.1) is 0 Å². The smallest absolute Gasteiger partial charge is 0.202 e. The van der Waals surface area contributed by atoms with Crippen molar-refractivity contribution in [2.45, 2.75) is 82.4 Å². The third-order valence-electron chi connectivity index (χ3n) is 7.24. The van der Waals surface area contributed by atoms with E-state index in [4.69, 9.17) is 3.63 Å². The van der Waals surface area contributed by atoms with E-state index in [-0.39, 0.29) is 16.0 Å². The fourth-order valence-electron chi connectivity index (χ4n) is 4.81. The maximum absolute atomic E-state index is 15.4. The SMILES string of the molecule is Cc1cc(C)c(S(OS(=O)(=O)C(F)(F)C(F)(F)C(F)(F)C(F)(F)C(F)(F)C(F)(F)C(F)(F)C(F)(F)F)(c2ccccc2)c2ccccc2)c(C)c1. The van der Waals surface area contributed by atoms with Crippen molar-refractivity contribution >= 4 is 20.4 Å². The zero-order valence-electron chi connectivity index (χ0n) is 25.4. The van der Waals surface area contributed by atoms with Gasteiger partial charge in [-0.1, -0.05) is 54.1 Å². The summed E-state index contributed by atoms with van der Waals surface area (Å²) in [4.78, 5) is -1.32. The average molecular weight is 805 g/mol. The normalized spacial score (nSPS) is 15.2. The van der Waals surface area contributed by atoms with Gasteiger partial charge >= 0.3 is 57.1 Å². The van der Waals surface area contributed by atoms with Crippen LogP contribution >= 0.6 is 10.3 Å². The summed E-state index contributed by atoms with van der Waals surface area (Å²) in [5.41, 5.74) is 0.383. The zero-order chi connectivity index (χ0) is 39.7. The van der Waals surface area contributed by atoms with Crippen LogP contribution in [0.4, 0.5) is 74.6 Å². The molecule has 0 bridgehead atoms. The molecule has 22 heteroatoms. The second-order valence-electron chi connectivity index (χ2n) is 10.9. The van der Waals surface area contributed by atoms with Gasteiger partial charge in [-0.3, -0.25) is 0 Å². The molecule has 0 aliphatic carbocycles. The van der Waals surface area contributed by atoms with Crippen molar-refractivity contribution < 1.29 is 86.7 Å². The van der Waals surface area contributed by atoms with Gasteiger partial charge in [0.2, 0.25) is 0 Å². The highest BCUT2D eigenvalue weighted by atomic mass is 32.3. The van der Waals surface area contributed by atoms with Gasteiger partial charge in [-0.05, 0) is 66.5 Å². The number of benzene rings is 3. The Kier molecular flexibility index (Phi) is 10.5. The Hall–Kier alpha value is -3.27. The molecule has 0 unspecified atom stereocenters. The molecule has 3 rings (SSSR count). The number of hydrogen-bond donors (Lipinski definition) is 0. The molecule has 3 aromatic rings. The summed E-state index contributed by atoms with van der Waals surface area (Å²) < 4.78 is 269. The van der Waals surface area contributed by atoms with Crippen LogP contribution in [-0.2, 0) is 13.7 Å². The van der Waals surface area contributed by atoms with Crippen molar-refractivity contribution in [3.63, 3.8) is 0 Å². The van der Waals surface area contributed by atoms with Gasteiger partial charge in [0.1, 0.15) is 0 Å². The van der Waals surface area contributed by atoms with Crippen molar-refractivity contribution in [2.24, 2.45) is 0 Å². The minimum Gasteiger partial charge on any atom is -0.202 e. The van der Waals surface area contributed by atoms with Crippen molar-refractivity contribution in [3.8, 4) is 0 Å². The molecule has 51 heavy (non-hydrogen) atoms. The number of hydrogen-bond acceptors (Lipinski definition) is 3. The zero-order valence-corrected chi connectivity index (χ0v) is 27.0. The number of halogens is 17. The molecule has 0 N–H and O–H groups in total. The molecule has 0 spiro atoms. The first-order valence-electron chi connectivity index (χ1n) is 13.4. The van der Waals surface area contributed by atoms with E-state index in [1.54, 1.807) is 0 Å². The van der Waals surface area contributed by atoms with Gasteiger partial charge in [-0.2, -0.15) is 83.1 Å². The number of alkyl halides is 17. The Morgan fingerprint density at radius 2 is 0.784 bits per heavy atom. The van der Waals surface area contributed by atoms with E-state index in [2.05, 4.69) is 0 Å². The first kappa shape index (κ1) is 42.1. The molecular formula is C29H21F17O3S2. The summed E-state index contributed by atoms with van der Waals surface area (Å²) in [7, 11) is -12.5. The Morgan fingerprint density at radius 3 is 1.12 bits per heavy atom. The van der Waals surface area contributed by atoms with Crippen LogP contribution in [0.25, 0.3) is 0 Å². The second kappa shape index (κ2) is 12.7. The van der Waals surface area contributed by atoms with Crippen molar-refractivity contribution in [1.29, 1.82) is 0 Å². The summed E-state index contributed by atoms with van der Waals surface area (Å²) in [5, 5.41) is -7.86. The largest absolute Gasteiger partial charge is 0.460 e. The topological polar surface area (TPSA) is 43.4 Å². The fourth-order valence-corrected chi connectivity index (χ4v) is 10.4. The number of aryl methyl sites for hydroxylation is 3. The molecule has 0 aliphatic heterocycles. The van der Waals surface area contributed by atoms with Crippen LogP contribution in [0.15, 0.2) is 87.5 Å². The third kappa shape index (κ3) is 6.01. The predicted molar refractivity (Wildman–Crippen MR) is 147 cm³/mol. The highest BCUT2D eigenvalue weighted by molar-refractivity contribution is 8.33. The highest BCUT2D eigenvalue weighted by Crippen LogP contribution is 2.73. The first-order valence-corrected chi connectivity index (χ1v) is 16.4. The molecule has 0 atom stereocenters. The van der Waals surface area contributed by atoms with Crippen LogP contribution in [0.3, 0.4) is 0 Å². The van der Waals surface area contributed by atoms with E-state index in [9.17, 15) is 74.3 Å². The van der Waals surface area contributed by atoms with Crippen LogP contribution in [0.5, 0.6) is 0 Å². The molecule has 0 saturated carbocycles. The van der Waals surface area contributed by atoms with Crippen LogP contribution in [0, 0.1) is 20.8 Å². The molecule has 0 aliphatic rings. The lowest BCUT2D eigenvalue weighted by molar-refractivity contribution is -0.458. The Morgan fingerprint density at radius 1 is 0.471 bits per heavy atom. The van der Waals surface area contributed by atoms with E-state index in [1.807, 2.05) is 0 Å². The van der Waals surface area contributed by atoms with E-state index < -0.39 is 77.2 Å². The van der Waals surface area contributed by atoms with Crippen molar-refractivity contribution in [3.05, 3.63) is 89.5 Å². The van der Waals surface area contributed by atoms with Gasteiger partial charge in [0, 0.05) is 14.7 Å². The summed E-state index contributed by atoms with van der Waals surface area (Å²) in [6.07, 6.45) is -7.93. The van der Waals surface area contributed by atoms with Crippen LogP contribution < -0.4 is 0 Å². The molecule has 286 valence electrons. The van der Waals surface area contributed by atoms with Crippen LogP contribution in [0.2, 0.25) is 0 Å². The van der Waals surface area contributed by atoms with E-state index >= 15 is 8.78 Å².